The molecule has 0 fully saturated rings. The molecule has 3 heterocycles. The second kappa shape index (κ2) is 7.21. The number of thiazole rings is 1. The van der Waals surface area contributed by atoms with Gasteiger partial charge in [-0.25, -0.2) is 9.78 Å². The van der Waals surface area contributed by atoms with E-state index in [2.05, 4.69) is 15.3 Å². The Kier molecular flexibility index (Phi) is 4.59. The Hall–Kier alpha value is -3.57. The SMILES string of the molecule is O=C(/C=C/c1ccc([N+](=O)[O-])s1)Nc1nc(-c2ccc3[nH]c(=O)oc3c2)cs1. The van der Waals surface area contributed by atoms with Crippen LogP contribution in [-0.4, -0.2) is 20.8 Å². The molecule has 0 unspecified atom stereocenters. The van der Waals surface area contributed by atoms with Crippen molar-refractivity contribution in [3.8, 4) is 11.3 Å². The second-order valence-corrected chi connectivity index (χ2v) is 7.47. The van der Waals surface area contributed by atoms with Gasteiger partial charge in [-0.2, -0.15) is 0 Å². The van der Waals surface area contributed by atoms with E-state index in [4.69, 9.17) is 4.42 Å². The Morgan fingerprint density at radius 1 is 1.32 bits per heavy atom. The number of nitrogens with one attached hydrogen (secondary N) is 2. The van der Waals surface area contributed by atoms with Crippen LogP contribution in [0.1, 0.15) is 4.88 Å². The molecule has 1 aromatic carbocycles. The third-order valence-electron chi connectivity index (χ3n) is 3.64. The number of carbonyl (C=O) groups excluding carboxylic acids is 1. The number of oxazole rings is 1. The Labute approximate surface area is 164 Å². The summed E-state index contributed by atoms with van der Waals surface area (Å²) in [6.45, 7) is 0. The highest BCUT2D eigenvalue weighted by atomic mass is 32.1. The summed E-state index contributed by atoms with van der Waals surface area (Å²) in [5.74, 6) is -0.926. The zero-order chi connectivity index (χ0) is 19.7. The Bertz CT molecular complexity index is 1280. The Morgan fingerprint density at radius 2 is 2.18 bits per heavy atom. The lowest BCUT2D eigenvalue weighted by Crippen LogP contribution is -2.07. The van der Waals surface area contributed by atoms with Gasteiger partial charge in [0.1, 0.15) is 0 Å². The van der Waals surface area contributed by atoms with Gasteiger partial charge in [0, 0.05) is 28.0 Å². The highest BCUT2D eigenvalue weighted by molar-refractivity contribution is 7.16. The van der Waals surface area contributed by atoms with E-state index >= 15 is 0 Å². The number of hydrogen-bond acceptors (Lipinski definition) is 8. The van der Waals surface area contributed by atoms with E-state index in [-0.39, 0.29) is 5.00 Å². The predicted molar refractivity (Wildman–Crippen MR) is 107 cm³/mol. The lowest BCUT2D eigenvalue weighted by atomic mass is 10.1. The lowest BCUT2D eigenvalue weighted by molar-refractivity contribution is -0.380. The van der Waals surface area contributed by atoms with Gasteiger partial charge in [-0.3, -0.25) is 25.2 Å². The number of carbonyl (C=O) groups is 1. The number of fused-ring (bicyclic) bond motifs is 1. The third kappa shape index (κ3) is 3.75. The van der Waals surface area contributed by atoms with Crippen LogP contribution in [0.4, 0.5) is 10.1 Å². The summed E-state index contributed by atoms with van der Waals surface area (Å²) in [5, 5.41) is 15.5. The van der Waals surface area contributed by atoms with Gasteiger partial charge in [-0.05, 0) is 24.3 Å². The van der Waals surface area contributed by atoms with Crippen LogP contribution in [0, 0.1) is 10.1 Å². The van der Waals surface area contributed by atoms with E-state index in [1.54, 1.807) is 29.6 Å². The fraction of sp³-hybridized carbons (Fsp3) is 0. The summed E-state index contributed by atoms with van der Waals surface area (Å²) in [5.41, 5.74) is 2.39. The molecule has 4 aromatic rings. The highest BCUT2D eigenvalue weighted by Gasteiger charge is 2.10. The van der Waals surface area contributed by atoms with Crippen molar-refractivity contribution in [2.75, 3.05) is 5.32 Å². The summed E-state index contributed by atoms with van der Waals surface area (Å²) in [6, 6.07) is 8.16. The average molecular weight is 414 g/mol. The van der Waals surface area contributed by atoms with Crippen LogP contribution in [-0.2, 0) is 4.79 Å². The zero-order valence-electron chi connectivity index (χ0n) is 13.9. The van der Waals surface area contributed by atoms with Crippen molar-refractivity contribution in [1.29, 1.82) is 0 Å². The van der Waals surface area contributed by atoms with Crippen molar-refractivity contribution >= 4 is 55.9 Å². The van der Waals surface area contributed by atoms with E-state index in [1.807, 2.05) is 0 Å². The van der Waals surface area contributed by atoms with Crippen LogP contribution >= 0.6 is 22.7 Å². The molecule has 9 nitrogen and oxygen atoms in total. The van der Waals surface area contributed by atoms with Crippen molar-refractivity contribution in [2.24, 2.45) is 0 Å². The van der Waals surface area contributed by atoms with Crippen LogP contribution in [0.3, 0.4) is 0 Å². The summed E-state index contributed by atoms with van der Waals surface area (Å²) >= 11 is 2.23. The second-order valence-electron chi connectivity index (χ2n) is 5.52. The first-order chi connectivity index (χ1) is 13.5. The summed E-state index contributed by atoms with van der Waals surface area (Å²) < 4.78 is 5.04. The van der Waals surface area contributed by atoms with Crippen molar-refractivity contribution in [2.45, 2.75) is 0 Å². The maximum absolute atomic E-state index is 12.0. The molecule has 0 bridgehead atoms. The number of nitro groups is 1. The van der Waals surface area contributed by atoms with Gasteiger partial charge in [0.2, 0.25) is 5.91 Å². The molecular formula is C17H10N4O5S2. The van der Waals surface area contributed by atoms with Gasteiger partial charge in [0.15, 0.2) is 10.7 Å². The lowest BCUT2D eigenvalue weighted by Gasteiger charge is -1.97. The van der Waals surface area contributed by atoms with E-state index in [0.29, 0.717) is 26.8 Å². The number of aromatic amines is 1. The van der Waals surface area contributed by atoms with Gasteiger partial charge in [0.05, 0.1) is 16.1 Å². The van der Waals surface area contributed by atoms with Gasteiger partial charge in [-0.1, -0.05) is 17.4 Å². The summed E-state index contributed by atoms with van der Waals surface area (Å²) in [7, 11) is 0. The Morgan fingerprint density at radius 3 is 2.96 bits per heavy atom. The van der Waals surface area contributed by atoms with Crippen LogP contribution in [0.5, 0.6) is 0 Å². The number of hydrogen-bond donors (Lipinski definition) is 2. The molecule has 2 N–H and O–H groups in total. The molecule has 0 aliphatic heterocycles. The first kappa shape index (κ1) is 17.8. The maximum Gasteiger partial charge on any atom is 0.417 e. The van der Waals surface area contributed by atoms with Crippen LogP contribution in [0.25, 0.3) is 28.4 Å². The standard InChI is InChI=1S/C17H10N4O5S2/c22-14(5-2-10-3-6-15(28-10)21(24)25)20-16-18-12(8-27-16)9-1-4-11-13(7-9)26-17(23)19-11/h1-8H,(H,19,23)(H,18,20,22)/b5-2+. The molecule has 0 radical (unpaired) electrons. The van der Waals surface area contributed by atoms with Gasteiger partial charge >= 0.3 is 10.8 Å². The number of nitrogens with zero attached hydrogens (tertiary/aromatic N) is 2. The fourth-order valence-corrected chi connectivity index (χ4v) is 3.85. The fourth-order valence-electron chi connectivity index (χ4n) is 2.40. The van der Waals surface area contributed by atoms with Gasteiger partial charge < -0.3 is 4.42 Å². The first-order valence-corrected chi connectivity index (χ1v) is 9.49. The molecule has 140 valence electrons. The molecule has 0 spiro atoms. The molecule has 11 heteroatoms. The minimum Gasteiger partial charge on any atom is -0.408 e. The quantitative estimate of drug-likeness (QED) is 0.289. The van der Waals surface area contributed by atoms with E-state index < -0.39 is 16.6 Å². The predicted octanol–water partition coefficient (Wildman–Crippen LogP) is 3.87. The summed E-state index contributed by atoms with van der Waals surface area (Å²) in [6.07, 6.45) is 2.79. The monoisotopic (exact) mass is 414 g/mol. The van der Waals surface area contributed by atoms with Crippen molar-refractivity contribution < 1.29 is 14.1 Å². The molecule has 3 aromatic heterocycles. The number of amides is 1. The van der Waals surface area contributed by atoms with E-state index in [0.717, 1.165) is 16.9 Å². The summed E-state index contributed by atoms with van der Waals surface area (Å²) in [4.78, 5) is 41.0. The number of rotatable bonds is 5. The van der Waals surface area contributed by atoms with Crippen LogP contribution in [0.15, 0.2) is 51.0 Å². The van der Waals surface area contributed by atoms with Gasteiger partial charge in [0.25, 0.3) is 0 Å². The molecule has 1 amide bonds. The largest absolute Gasteiger partial charge is 0.417 e. The van der Waals surface area contributed by atoms with Crippen LogP contribution < -0.4 is 11.1 Å². The van der Waals surface area contributed by atoms with Crippen molar-refractivity contribution in [3.05, 3.63) is 67.3 Å². The molecule has 0 saturated carbocycles. The number of aromatic nitrogens is 2. The third-order valence-corrected chi connectivity index (χ3v) is 5.40. The van der Waals surface area contributed by atoms with Crippen LogP contribution in [0.2, 0.25) is 0 Å². The van der Waals surface area contributed by atoms with Crippen molar-refractivity contribution in [3.63, 3.8) is 0 Å². The van der Waals surface area contributed by atoms with E-state index in [9.17, 15) is 19.7 Å². The number of benzene rings is 1. The Balaban J connectivity index is 1.45. The number of anilines is 1. The first-order valence-electron chi connectivity index (χ1n) is 7.80. The molecular weight excluding hydrogens is 404 g/mol. The van der Waals surface area contributed by atoms with E-state index in [1.165, 1.54) is 29.6 Å². The molecule has 0 aliphatic rings. The maximum atomic E-state index is 12.0. The average Bonchev–Trinajstić information content (AvgIpc) is 3.38. The number of thiophene rings is 1. The molecule has 0 atom stereocenters. The zero-order valence-corrected chi connectivity index (χ0v) is 15.5. The normalized spacial score (nSPS) is 11.3. The number of H-pyrrole nitrogens is 1. The molecule has 4 rings (SSSR count). The molecule has 28 heavy (non-hydrogen) atoms. The topological polar surface area (TPSA) is 131 Å². The molecule has 0 aliphatic carbocycles. The minimum atomic E-state index is -0.527. The minimum absolute atomic E-state index is 0.0137. The molecule has 0 saturated heterocycles. The van der Waals surface area contributed by atoms with Gasteiger partial charge in [-0.15, -0.1) is 11.3 Å². The van der Waals surface area contributed by atoms with Crippen molar-refractivity contribution in [1.82, 2.24) is 9.97 Å². The highest BCUT2D eigenvalue weighted by Crippen LogP contribution is 2.27. The smallest absolute Gasteiger partial charge is 0.408 e.